The number of aromatic nitrogens is 6. The highest BCUT2D eigenvalue weighted by molar-refractivity contribution is 7.48. The first-order valence-electron chi connectivity index (χ1n) is 21.9. The van der Waals surface area contributed by atoms with E-state index < -0.39 is 129 Å². The Hall–Kier alpha value is -4.92. The van der Waals surface area contributed by atoms with Crippen molar-refractivity contribution in [1.82, 2.24) is 28.7 Å². The van der Waals surface area contributed by atoms with Gasteiger partial charge >= 0.3 is 32.7 Å². The highest BCUT2D eigenvalue weighted by Gasteiger charge is 2.56. The van der Waals surface area contributed by atoms with Crippen LogP contribution in [0.25, 0.3) is 9.69 Å². The van der Waals surface area contributed by atoms with Gasteiger partial charge in [-0.25, -0.2) is 36.7 Å². The molecule has 3 aromatic rings. The maximum atomic E-state index is 15.1. The zero-order valence-corrected chi connectivity index (χ0v) is 40.9. The maximum absolute atomic E-state index is 15.1. The fraction of sp³-hybridized carbons (Fsp3) is 0.659. The summed E-state index contributed by atoms with van der Waals surface area (Å²) in [5.41, 5.74) is -7.46. The van der Waals surface area contributed by atoms with Gasteiger partial charge in [0.05, 0.1) is 18.3 Å². The molecule has 11 atom stereocenters. The second-order valence-electron chi connectivity index (χ2n) is 17.8. The lowest BCUT2D eigenvalue weighted by Gasteiger charge is -2.38. The van der Waals surface area contributed by atoms with E-state index in [4.69, 9.17) is 54.5 Å². The highest BCUT2D eigenvalue weighted by Crippen LogP contribution is 2.61. The molecule has 3 saturated heterocycles. The summed E-state index contributed by atoms with van der Waals surface area (Å²) in [4.78, 5) is 88.5. The van der Waals surface area contributed by atoms with Crippen molar-refractivity contribution >= 4 is 15.6 Å². The molecule has 0 spiro atoms. The number of aromatic amines is 3. The Morgan fingerprint density at radius 3 is 1.46 bits per heavy atom. The van der Waals surface area contributed by atoms with E-state index in [1.165, 1.54) is 71.6 Å². The summed E-state index contributed by atoms with van der Waals surface area (Å²) < 4.78 is 88.1. The van der Waals surface area contributed by atoms with Gasteiger partial charge in [0.15, 0.2) is 0 Å². The fourth-order valence-corrected chi connectivity index (χ4v) is 11.7. The monoisotopic (exact) mass is 1010 g/mol. The molecule has 3 fully saturated rings. The molecule has 3 aliphatic heterocycles. The second-order valence-corrected chi connectivity index (χ2v) is 20.9. The summed E-state index contributed by atoms with van der Waals surface area (Å²) in [7, 11) is -9.84. The standard InChI is InChI=1S/C41H56N8O18P2/c1-11-26-27(17-30(61-26)48-20-23(3)35(52)45-38(48)55)64-68(57,59-14-12-42-9)67-41(7,8)33-28(18-31(63-33)49-21-24(4)36(53)46-39(49)56)65-69(58,60-15-13-43-10)66-40(5,6)32-25(50)16-29(62-32)47-19-22(2)34(51)44-37(47)54/h19-21,25-33,50H,11-18H2,1-8H3,(H,44,51,54)(H,45,52,55)(H,46,53,56)/t25-,26-,27-,28-,29-,30-,31-,32+,33+,68?,69?/m1/s1. The van der Waals surface area contributed by atoms with Gasteiger partial charge in [0.25, 0.3) is 16.7 Å². The molecular weight excluding hydrogens is 954 g/mol. The van der Waals surface area contributed by atoms with Crippen LogP contribution in [-0.2, 0) is 50.5 Å². The first-order chi connectivity index (χ1) is 32.3. The quantitative estimate of drug-likeness (QED) is 0.0718. The molecule has 378 valence electrons. The number of aliphatic hydroxyl groups excluding tert-OH is 1. The molecule has 6 rings (SSSR count). The van der Waals surface area contributed by atoms with Crippen LogP contribution in [0, 0.1) is 33.9 Å². The number of aryl methyl sites for hydroxylation is 3. The van der Waals surface area contributed by atoms with Gasteiger partial charge in [-0.15, -0.1) is 0 Å². The number of ether oxygens (including phenoxy) is 3. The summed E-state index contributed by atoms with van der Waals surface area (Å²) in [5.74, 6) is 0. The van der Waals surface area contributed by atoms with E-state index in [1.54, 1.807) is 6.92 Å². The third-order valence-corrected chi connectivity index (χ3v) is 15.1. The van der Waals surface area contributed by atoms with Gasteiger partial charge in [-0.2, -0.15) is 0 Å². The predicted octanol–water partition coefficient (Wildman–Crippen LogP) is 2.64. The van der Waals surface area contributed by atoms with Gasteiger partial charge < -0.3 is 29.0 Å². The minimum absolute atomic E-state index is 0.0777. The largest absolute Gasteiger partial charge is 0.476 e. The number of nitrogens with one attached hydrogen (secondary N) is 3. The van der Waals surface area contributed by atoms with Crippen LogP contribution in [0.15, 0.2) is 47.4 Å². The first kappa shape index (κ1) is 53.4. The van der Waals surface area contributed by atoms with Crippen molar-refractivity contribution in [2.45, 2.75) is 148 Å². The fourth-order valence-electron chi connectivity index (χ4n) is 8.29. The van der Waals surface area contributed by atoms with Crippen LogP contribution < -0.4 is 33.7 Å². The first-order valence-corrected chi connectivity index (χ1v) is 24.8. The molecular formula is C41H56N8O18P2. The molecule has 0 saturated carbocycles. The summed E-state index contributed by atoms with van der Waals surface area (Å²) in [5, 5.41) is 11.3. The van der Waals surface area contributed by atoms with Crippen LogP contribution >= 0.6 is 15.6 Å². The molecule has 0 aliphatic carbocycles. The van der Waals surface area contributed by atoms with Crippen LogP contribution in [0.4, 0.5) is 0 Å². The topological polar surface area (TPSA) is 311 Å². The van der Waals surface area contributed by atoms with Crippen molar-refractivity contribution in [2.75, 3.05) is 26.3 Å². The van der Waals surface area contributed by atoms with Gasteiger partial charge in [0, 0.05) is 54.5 Å². The number of rotatable bonds is 20. The molecule has 0 aromatic carbocycles. The number of hydrogen-bond donors (Lipinski definition) is 4. The SMILES string of the molecule is [C-]#[N+]CCOP(=O)(O[C@@H]1C[C@H](n2cc(C)c(=O)[nH]c2=O)O[C@@H]1C(C)(C)OP(=O)(OCC[N+]#[C-])O[C@@H]1C[C@H](n2cc(C)c(=O)[nH]c2=O)O[C@@H]1CC)OC(C)(C)[C@H]1O[C@@H](n2cc(C)c(=O)[nH]c2=O)C[C@H]1O. The third kappa shape index (κ3) is 12.2. The smallest absolute Gasteiger partial charge is 0.390 e. The van der Waals surface area contributed by atoms with E-state index in [1.807, 2.05) is 0 Å². The van der Waals surface area contributed by atoms with Crippen LogP contribution in [0.1, 0.15) is 95.7 Å². The maximum Gasteiger partial charge on any atom is 0.476 e. The van der Waals surface area contributed by atoms with Gasteiger partial charge in [-0.1, -0.05) is 6.92 Å². The average molecular weight is 1010 g/mol. The van der Waals surface area contributed by atoms with Crippen molar-refractivity contribution in [3.8, 4) is 0 Å². The number of phosphoric acid groups is 2. The minimum atomic E-state index is -4.99. The summed E-state index contributed by atoms with van der Waals surface area (Å²) in [6.07, 6.45) is -7.38. The van der Waals surface area contributed by atoms with E-state index in [9.17, 15) is 38.4 Å². The second kappa shape index (κ2) is 21.2. The third-order valence-electron chi connectivity index (χ3n) is 11.6. The van der Waals surface area contributed by atoms with E-state index in [0.717, 1.165) is 9.13 Å². The molecule has 0 bridgehead atoms. The molecule has 26 nitrogen and oxygen atoms in total. The highest BCUT2D eigenvalue weighted by atomic mass is 31.2. The van der Waals surface area contributed by atoms with Crippen molar-refractivity contribution in [3.05, 3.63) is 121 Å². The van der Waals surface area contributed by atoms with E-state index in [-0.39, 0.29) is 55.5 Å². The average Bonchev–Trinajstić information content (AvgIpc) is 3.98. The van der Waals surface area contributed by atoms with Gasteiger partial charge in [-0.3, -0.25) is 70.2 Å². The predicted molar refractivity (Wildman–Crippen MR) is 240 cm³/mol. The molecule has 4 N–H and O–H groups in total. The molecule has 6 heterocycles. The Morgan fingerprint density at radius 2 is 1.03 bits per heavy atom. The van der Waals surface area contributed by atoms with Crippen molar-refractivity contribution in [1.29, 1.82) is 0 Å². The molecule has 28 heteroatoms. The number of aliphatic hydroxyl groups is 1. The molecule has 0 radical (unpaired) electrons. The Morgan fingerprint density at radius 1 is 0.652 bits per heavy atom. The van der Waals surface area contributed by atoms with E-state index in [0.29, 0.717) is 0 Å². The Bertz CT molecular complexity index is 2930. The van der Waals surface area contributed by atoms with Crippen molar-refractivity contribution in [2.24, 2.45) is 0 Å². The number of H-pyrrole nitrogens is 3. The summed E-state index contributed by atoms with van der Waals surface area (Å²) in [6, 6.07) is 0. The molecule has 69 heavy (non-hydrogen) atoms. The summed E-state index contributed by atoms with van der Waals surface area (Å²) >= 11 is 0. The summed E-state index contributed by atoms with van der Waals surface area (Å²) in [6.45, 7) is 24.9. The lowest BCUT2D eigenvalue weighted by atomic mass is 9.97. The van der Waals surface area contributed by atoms with Crippen LogP contribution in [-0.4, -0.2) is 108 Å². The van der Waals surface area contributed by atoms with Crippen LogP contribution in [0.2, 0.25) is 0 Å². The van der Waals surface area contributed by atoms with Gasteiger partial charge in [0.2, 0.25) is 13.1 Å². The van der Waals surface area contributed by atoms with E-state index >= 15 is 4.57 Å². The van der Waals surface area contributed by atoms with Crippen LogP contribution in [0.5, 0.6) is 0 Å². The zero-order chi connectivity index (χ0) is 50.8. The lowest BCUT2D eigenvalue weighted by molar-refractivity contribution is -0.137. The number of nitrogens with zero attached hydrogens (tertiary/aromatic N) is 5. The Balaban J connectivity index is 1.33. The molecule has 3 aliphatic rings. The zero-order valence-electron chi connectivity index (χ0n) is 39.1. The molecule has 3 aromatic heterocycles. The number of phosphoric ester groups is 2. The van der Waals surface area contributed by atoms with E-state index in [2.05, 4.69) is 24.6 Å². The normalized spacial score (nSPS) is 26.9. The van der Waals surface area contributed by atoms with Gasteiger partial charge in [-0.05, 0) is 54.9 Å². The molecule has 0 amide bonds. The Labute approximate surface area is 393 Å². The lowest BCUT2D eigenvalue weighted by Crippen LogP contribution is -2.47. The molecule has 2 unspecified atom stereocenters. The van der Waals surface area contributed by atoms with Crippen LogP contribution in [0.3, 0.4) is 0 Å². The van der Waals surface area contributed by atoms with Gasteiger partial charge in [0.1, 0.15) is 61.4 Å². The Kier molecular flexibility index (Phi) is 16.4. The minimum Gasteiger partial charge on any atom is -0.390 e. The number of hydrogen-bond acceptors (Lipinski definition) is 18. The van der Waals surface area contributed by atoms with Crippen molar-refractivity contribution in [3.63, 3.8) is 0 Å². The van der Waals surface area contributed by atoms with Crippen molar-refractivity contribution < 1.29 is 55.6 Å².